The maximum atomic E-state index is 4.64. The molecule has 3 heterocycles. The fourth-order valence-electron chi connectivity index (χ4n) is 2.69. The summed E-state index contributed by atoms with van der Waals surface area (Å²) in [5.74, 6) is 1.82. The SMILES string of the molecule is CCNC(=NCCCc1nnc2ccccn12)NCCc1ccccn1.I. The average molecular weight is 479 g/mol. The van der Waals surface area contributed by atoms with Crippen molar-refractivity contribution in [3.63, 3.8) is 0 Å². The van der Waals surface area contributed by atoms with Gasteiger partial charge in [0.1, 0.15) is 5.82 Å². The van der Waals surface area contributed by atoms with E-state index in [1.54, 1.807) is 0 Å². The van der Waals surface area contributed by atoms with Crippen molar-refractivity contribution >= 4 is 35.6 Å². The van der Waals surface area contributed by atoms with Crippen LogP contribution in [0.4, 0.5) is 0 Å². The van der Waals surface area contributed by atoms with Crippen LogP contribution >= 0.6 is 24.0 Å². The first-order valence-electron chi connectivity index (χ1n) is 9.07. The number of pyridine rings is 2. The minimum atomic E-state index is 0. The Hall–Kier alpha value is -2.23. The highest BCUT2D eigenvalue weighted by atomic mass is 127. The van der Waals surface area contributed by atoms with E-state index < -0.39 is 0 Å². The van der Waals surface area contributed by atoms with E-state index in [1.807, 2.05) is 53.2 Å². The number of aliphatic imine (C=N–C) groups is 1. The maximum Gasteiger partial charge on any atom is 0.191 e. The van der Waals surface area contributed by atoms with E-state index in [0.29, 0.717) is 0 Å². The van der Waals surface area contributed by atoms with E-state index in [9.17, 15) is 0 Å². The molecule has 0 radical (unpaired) electrons. The van der Waals surface area contributed by atoms with Crippen molar-refractivity contribution in [1.29, 1.82) is 0 Å². The highest BCUT2D eigenvalue weighted by Crippen LogP contribution is 2.05. The summed E-state index contributed by atoms with van der Waals surface area (Å²) < 4.78 is 2.03. The molecule has 0 amide bonds. The number of hydrogen-bond donors (Lipinski definition) is 2. The Morgan fingerprint density at radius 1 is 1.07 bits per heavy atom. The molecule has 27 heavy (non-hydrogen) atoms. The van der Waals surface area contributed by atoms with Crippen molar-refractivity contribution in [2.75, 3.05) is 19.6 Å². The van der Waals surface area contributed by atoms with Gasteiger partial charge in [-0.25, -0.2) is 0 Å². The summed E-state index contributed by atoms with van der Waals surface area (Å²) in [5, 5.41) is 15.1. The highest BCUT2D eigenvalue weighted by molar-refractivity contribution is 14.0. The Morgan fingerprint density at radius 3 is 2.78 bits per heavy atom. The molecule has 8 heteroatoms. The first kappa shape index (κ1) is 21.1. The molecule has 0 unspecified atom stereocenters. The normalized spacial score (nSPS) is 11.2. The molecule has 2 N–H and O–H groups in total. The van der Waals surface area contributed by atoms with Crippen molar-refractivity contribution < 1.29 is 0 Å². The molecule has 0 bridgehead atoms. The summed E-state index contributed by atoms with van der Waals surface area (Å²) in [5.41, 5.74) is 1.96. The number of fused-ring (bicyclic) bond motifs is 1. The molecule has 0 fully saturated rings. The third-order valence-electron chi connectivity index (χ3n) is 3.96. The summed E-state index contributed by atoms with van der Waals surface area (Å²) in [4.78, 5) is 8.98. The second-order valence-electron chi connectivity index (χ2n) is 5.91. The van der Waals surface area contributed by atoms with Crippen LogP contribution in [0.15, 0.2) is 53.8 Å². The Kier molecular flexibility index (Phi) is 8.96. The van der Waals surface area contributed by atoms with Crippen molar-refractivity contribution in [3.8, 4) is 0 Å². The average Bonchev–Trinajstić information content (AvgIpc) is 3.09. The molecule has 3 aromatic rings. The zero-order valence-corrected chi connectivity index (χ0v) is 17.8. The lowest BCUT2D eigenvalue weighted by atomic mass is 10.3. The number of nitrogens with one attached hydrogen (secondary N) is 2. The van der Waals surface area contributed by atoms with Crippen molar-refractivity contribution in [3.05, 3.63) is 60.3 Å². The molecule has 0 aliphatic carbocycles. The molecule has 3 aromatic heterocycles. The van der Waals surface area contributed by atoms with Crippen LogP contribution in [-0.4, -0.2) is 45.2 Å². The van der Waals surface area contributed by atoms with Gasteiger partial charge in [-0.2, -0.15) is 0 Å². The zero-order chi connectivity index (χ0) is 18.0. The minimum absolute atomic E-state index is 0. The number of rotatable bonds is 8. The molecule has 7 nitrogen and oxygen atoms in total. The predicted molar refractivity (Wildman–Crippen MR) is 119 cm³/mol. The van der Waals surface area contributed by atoms with Gasteiger partial charge in [0.15, 0.2) is 11.6 Å². The lowest BCUT2D eigenvalue weighted by Crippen LogP contribution is -2.38. The largest absolute Gasteiger partial charge is 0.357 e. The lowest BCUT2D eigenvalue weighted by molar-refractivity contribution is 0.747. The van der Waals surface area contributed by atoms with Gasteiger partial charge in [-0.3, -0.25) is 14.4 Å². The van der Waals surface area contributed by atoms with E-state index in [2.05, 4.69) is 37.7 Å². The molecule has 0 aliphatic rings. The van der Waals surface area contributed by atoms with Gasteiger partial charge in [-0.05, 0) is 37.6 Å². The van der Waals surface area contributed by atoms with Gasteiger partial charge in [0.25, 0.3) is 0 Å². The second-order valence-corrected chi connectivity index (χ2v) is 5.91. The molecule has 0 saturated carbocycles. The molecular formula is C19H26IN7. The first-order chi connectivity index (χ1) is 12.9. The summed E-state index contributed by atoms with van der Waals surface area (Å²) in [6.07, 6.45) is 6.46. The van der Waals surface area contributed by atoms with Gasteiger partial charge in [0, 0.05) is 50.6 Å². The Morgan fingerprint density at radius 2 is 1.96 bits per heavy atom. The molecule has 0 atom stereocenters. The quantitative estimate of drug-likeness (QED) is 0.225. The topological polar surface area (TPSA) is 79.5 Å². The number of aryl methyl sites for hydroxylation is 1. The smallest absolute Gasteiger partial charge is 0.191 e. The summed E-state index contributed by atoms with van der Waals surface area (Å²) in [7, 11) is 0. The maximum absolute atomic E-state index is 4.64. The van der Waals surface area contributed by atoms with E-state index >= 15 is 0 Å². The fourth-order valence-corrected chi connectivity index (χ4v) is 2.69. The summed E-state index contributed by atoms with van der Waals surface area (Å²) in [6, 6.07) is 11.9. The van der Waals surface area contributed by atoms with Gasteiger partial charge in [0.05, 0.1) is 0 Å². The number of aromatic nitrogens is 4. The third-order valence-corrected chi connectivity index (χ3v) is 3.96. The number of hydrogen-bond acceptors (Lipinski definition) is 4. The molecule has 144 valence electrons. The van der Waals surface area contributed by atoms with E-state index in [1.165, 1.54) is 0 Å². The zero-order valence-electron chi connectivity index (χ0n) is 15.5. The van der Waals surface area contributed by atoms with Crippen LogP contribution in [0.5, 0.6) is 0 Å². The highest BCUT2D eigenvalue weighted by Gasteiger charge is 2.04. The monoisotopic (exact) mass is 479 g/mol. The van der Waals surface area contributed by atoms with Gasteiger partial charge in [-0.1, -0.05) is 12.1 Å². The standard InChI is InChI=1S/C19H25N7.HI/c1-2-20-19(23-14-11-16-8-3-5-12-21-16)22-13-7-10-18-25-24-17-9-4-6-15-26(17)18;/h3-6,8-9,12,15H,2,7,10-11,13-14H2,1H3,(H2,20,22,23);1H. The van der Waals surface area contributed by atoms with Crippen LogP contribution in [0.25, 0.3) is 5.65 Å². The molecule has 0 aromatic carbocycles. The van der Waals surface area contributed by atoms with Crippen molar-refractivity contribution in [2.24, 2.45) is 4.99 Å². The Bertz CT molecular complexity index is 832. The van der Waals surface area contributed by atoms with Gasteiger partial charge in [-0.15, -0.1) is 34.2 Å². The summed E-state index contributed by atoms with van der Waals surface area (Å²) >= 11 is 0. The Labute approximate surface area is 176 Å². The predicted octanol–water partition coefficient (Wildman–Crippen LogP) is 2.47. The molecule has 0 saturated heterocycles. The van der Waals surface area contributed by atoms with Crippen LogP contribution in [0.1, 0.15) is 24.9 Å². The van der Waals surface area contributed by atoms with E-state index in [4.69, 9.17) is 0 Å². The molecule has 0 spiro atoms. The molecule has 0 aliphatic heterocycles. The van der Waals surface area contributed by atoms with Crippen LogP contribution < -0.4 is 10.6 Å². The van der Waals surface area contributed by atoms with Gasteiger partial charge in [0.2, 0.25) is 0 Å². The summed E-state index contributed by atoms with van der Waals surface area (Å²) in [6.45, 7) is 4.45. The van der Waals surface area contributed by atoms with E-state index in [-0.39, 0.29) is 24.0 Å². The van der Waals surface area contributed by atoms with Crippen LogP contribution in [0, 0.1) is 0 Å². The van der Waals surface area contributed by atoms with Crippen LogP contribution in [-0.2, 0) is 12.8 Å². The van der Waals surface area contributed by atoms with Crippen LogP contribution in [0.2, 0.25) is 0 Å². The van der Waals surface area contributed by atoms with Gasteiger partial charge >= 0.3 is 0 Å². The second kappa shape index (κ2) is 11.5. The van der Waals surface area contributed by atoms with Gasteiger partial charge < -0.3 is 10.6 Å². The number of nitrogens with zero attached hydrogens (tertiary/aromatic N) is 5. The third kappa shape index (κ3) is 6.46. The van der Waals surface area contributed by atoms with E-state index in [0.717, 1.165) is 62.0 Å². The van der Waals surface area contributed by atoms with Crippen LogP contribution in [0.3, 0.4) is 0 Å². The lowest BCUT2D eigenvalue weighted by Gasteiger charge is -2.11. The Balaban J connectivity index is 0.00000261. The first-order valence-corrected chi connectivity index (χ1v) is 9.07. The fraction of sp³-hybridized carbons (Fsp3) is 0.368. The molecular weight excluding hydrogens is 453 g/mol. The van der Waals surface area contributed by atoms with Crippen molar-refractivity contribution in [1.82, 2.24) is 30.2 Å². The number of guanidine groups is 1. The van der Waals surface area contributed by atoms with Crippen molar-refractivity contribution in [2.45, 2.75) is 26.2 Å². The molecule has 3 rings (SSSR count). The number of halogens is 1. The minimum Gasteiger partial charge on any atom is -0.357 e.